The second-order valence-corrected chi connectivity index (χ2v) is 15.6. The molecular weight excluding hydrogens is 627 g/mol. The van der Waals surface area contributed by atoms with Gasteiger partial charge >= 0.3 is 11.9 Å². The lowest BCUT2D eigenvalue weighted by atomic mass is 10.1. The number of thioether (sulfide) groups is 1. The number of nitrogens with zero attached hydrogens (tertiary/aromatic N) is 1. The molecule has 1 aliphatic rings. The molecule has 1 saturated heterocycles. The molecule has 1 heterocycles. The minimum absolute atomic E-state index is 0.151. The monoisotopic (exact) mass is 706 g/mol. The second kappa shape index (κ2) is 36.5. The van der Waals surface area contributed by atoms with E-state index in [0.29, 0.717) is 19.4 Å². The van der Waals surface area contributed by atoms with Crippen LogP contribution in [0, 0.1) is 0 Å². The number of unbranched alkanes of at least 4 members (excludes halogenated alkanes) is 22. The number of hydrogen-bond donors (Lipinski definition) is 0. The highest BCUT2D eigenvalue weighted by atomic mass is 32.2. The predicted octanol–water partition coefficient (Wildman–Crippen LogP) is 12.6. The van der Waals surface area contributed by atoms with Crippen molar-refractivity contribution in [2.24, 2.45) is 0 Å². The maximum Gasteiger partial charge on any atom is 0.306 e. The first-order chi connectivity index (χ1) is 24.2. The number of rotatable bonds is 35. The van der Waals surface area contributed by atoms with Gasteiger partial charge in [-0.25, -0.2) is 0 Å². The predicted molar refractivity (Wildman–Crippen MR) is 214 cm³/mol. The lowest BCUT2D eigenvalue weighted by molar-refractivity contribution is -0.160. The lowest BCUT2D eigenvalue weighted by Crippen LogP contribution is -2.42. The van der Waals surface area contributed by atoms with E-state index in [1.54, 1.807) is 0 Å². The van der Waals surface area contributed by atoms with Crippen molar-refractivity contribution in [1.82, 2.24) is 4.90 Å². The maximum absolute atomic E-state index is 12.7. The molecule has 0 spiro atoms. The van der Waals surface area contributed by atoms with E-state index in [2.05, 4.69) is 43.1 Å². The van der Waals surface area contributed by atoms with Gasteiger partial charge in [-0.15, -0.1) is 0 Å². The summed E-state index contributed by atoms with van der Waals surface area (Å²) in [5.41, 5.74) is 0. The van der Waals surface area contributed by atoms with E-state index in [-0.39, 0.29) is 24.6 Å². The summed E-state index contributed by atoms with van der Waals surface area (Å²) in [7, 11) is 0. The molecule has 0 bridgehead atoms. The Kier molecular flexibility index (Phi) is 34.1. The molecule has 1 fully saturated rings. The molecule has 0 aromatic carbocycles. The molecule has 1 rings (SSSR count). The van der Waals surface area contributed by atoms with Gasteiger partial charge in [0.05, 0.1) is 0 Å². The number of ether oxygens (including phenoxy) is 2. The molecule has 0 aliphatic carbocycles. The average molecular weight is 706 g/mol. The first-order valence-electron chi connectivity index (χ1n) is 21.1. The zero-order chi connectivity index (χ0) is 35.3. The van der Waals surface area contributed by atoms with Gasteiger partial charge < -0.3 is 9.47 Å². The Bertz CT molecular complexity index is 795. The zero-order valence-electron chi connectivity index (χ0n) is 32.4. The highest BCUT2D eigenvalue weighted by Crippen LogP contribution is 2.15. The summed E-state index contributed by atoms with van der Waals surface area (Å²) in [6, 6.07) is 0. The molecule has 1 aliphatic heterocycles. The van der Waals surface area contributed by atoms with Gasteiger partial charge in [-0.3, -0.25) is 14.5 Å². The molecule has 0 radical (unpaired) electrons. The van der Waals surface area contributed by atoms with Crippen LogP contribution < -0.4 is 0 Å². The molecule has 1 atom stereocenters. The minimum atomic E-state index is -0.378. The van der Waals surface area contributed by atoms with Crippen molar-refractivity contribution in [3.63, 3.8) is 0 Å². The highest BCUT2D eigenvalue weighted by molar-refractivity contribution is 7.99. The largest absolute Gasteiger partial charge is 0.462 e. The summed E-state index contributed by atoms with van der Waals surface area (Å²) in [6.45, 7) is 7.36. The van der Waals surface area contributed by atoms with Gasteiger partial charge in [-0.2, -0.15) is 11.8 Å². The SMILES string of the molecule is CCCCCCCC/C=C\CCCCCCCC(=O)OCC(CN1CCSCC1)OC(=O)CCCCCCC/C=C\CCCCCCCC. The van der Waals surface area contributed by atoms with Crippen LogP contribution in [-0.2, 0) is 19.1 Å². The summed E-state index contributed by atoms with van der Waals surface area (Å²) in [6.07, 6.45) is 42.2. The van der Waals surface area contributed by atoms with Crippen molar-refractivity contribution >= 4 is 23.7 Å². The van der Waals surface area contributed by atoms with E-state index in [9.17, 15) is 9.59 Å². The van der Waals surface area contributed by atoms with E-state index in [1.165, 1.54) is 141 Å². The normalized spacial score (nSPS) is 14.6. The summed E-state index contributed by atoms with van der Waals surface area (Å²) in [5, 5.41) is 0. The first-order valence-corrected chi connectivity index (χ1v) is 22.3. The van der Waals surface area contributed by atoms with Gasteiger partial charge in [-0.1, -0.05) is 141 Å². The van der Waals surface area contributed by atoms with Gasteiger partial charge in [0.2, 0.25) is 0 Å². The van der Waals surface area contributed by atoms with Crippen LogP contribution >= 0.6 is 11.8 Å². The second-order valence-electron chi connectivity index (χ2n) is 14.4. The first kappa shape index (κ1) is 45.8. The van der Waals surface area contributed by atoms with E-state index < -0.39 is 0 Å². The van der Waals surface area contributed by atoms with Crippen LogP contribution in [0.1, 0.15) is 194 Å². The summed E-state index contributed by atoms with van der Waals surface area (Å²) >= 11 is 1.97. The number of esters is 2. The van der Waals surface area contributed by atoms with Crippen LogP contribution in [0.5, 0.6) is 0 Å². The number of carbonyl (C=O) groups is 2. The fourth-order valence-corrected chi connectivity index (χ4v) is 7.36. The van der Waals surface area contributed by atoms with Crippen LogP contribution in [0.3, 0.4) is 0 Å². The third-order valence-electron chi connectivity index (χ3n) is 9.58. The van der Waals surface area contributed by atoms with Crippen LogP contribution in [0.15, 0.2) is 24.3 Å². The summed E-state index contributed by atoms with van der Waals surface area (Å²) in [4.78, 5) is 27.5. The molecule has 0 amide bonds. The summed E-state index contributed by atoms with van der Waals surface area (Å²) < 4.78 is 11.5. The highest BCUT2D eigenvalue weighted by Gasteiger charge is 2.22. The number of hydrogen-bond acceptors (Lipinski definition) is 6. The van der Waals surface area contributed by atoms with Crippen molar-refractivity contribution in [2.75, 3.05) is 37.7 Å². The Morgan fingerprint density at radius 2 is 0.939 bits per heavy atom. The molecule has 5 nitrogen and oxygen atoms in total. The number of carbonyl (C=O) groups excluding carboxylic acids is 2. The average Bonchev–Trinajstić information content (AvgIpc) is 3.11. The Labute approximate surface area is 308 Å². The Balaban J connectivity index is 2.11. The third kappa shape index (κ3) is 32.4. The van der Waals surface area contributed by atoms with Crippen LogP contribution in [0.25, 0.3) is 0 Å². The van der Waals surface area contributed by atoms with E-state index in [1.807, 2.05) is 11.8 Å². The Morgan fingerprint density at radius 3 is 1.39 bits per heavy atom. The molecule has 0 aromatic rings. The van der Waals surface area contributed by atoms with E-state index >= 15 is 0 Å². The Hall–Kier alpha value is -1.27. The number of allylic oxidation sites excluding steroid dienone is 4. The van der Waals surface area contributed by atoms with Crippen molar-refractivity contribution in [3.05, 3.63) is 24.3 Å². The molecule has 0 saturated carbocycles. The fraction of sp³-hybridized carbons (Fsp3) is 0.860. The van der Waals surface area contributed by atoms with Crippen molar-refractivity contribution in [2.45, 2.75) is 200 Å². The molecule has 6 heteroatoms. The minimum Gasteiger partial charge on any atom is -0.462 e. The molecule has 286 valence electrons. The van der Waals surface area contributed by atoms with Crippen LogP contribution in [0.2, 0.25) is 0 Å². The third-order valence-corrected chi connectivity index (χ3v) is 10.5. The van der Waals surface area contributed by atoms with Crippen LogP contribution in [-0.4, -0.2) is 60.7 Å². The molecular formula is C43H79NO4S. The maximum atomic E-state index is 12.7. The smallest absolute Gasteiger partial charge is 0.306 e. The van der Waals surface area contributed by atoms with Gasteiger partial charge in [0.15, 0.2) is 0 Å². The van der Waals surface area contributed by atoms with Gasteiger partial charge in [0, 0.05) is 44.0 Å². The van der Waals surface area contributed by atoms with Crippen molar-refractivity contribution in [1.29, 1.82) is 0 Å². The van der Waals surface area contributed by atoms with E-state index in [0.717, 1.165) is 50.3 Å². The Morgan fingerprint density at radius 1 is 0.551 bits per heavy atom. The van der Waals surface area contributed by atoms with Gasteiger partial charge in [-0.05, 0) is 64.2 Å². The lowest BCUT2D eigenvalue weighted by Gasteiger charge is -2.29. The molecule has 0 N–H and O–H groups in total. The van der Waals surface area contributed by atoms with Crippen molar-refractivity contribution < 1.29 is 19.1 Å². The van der Waals surface area contributed by atoms with Crippen LogP contribution in [0.4, 0.5) is 0 Å². The van der Waals surface area contributed by atoms with Gasteiger partial charge in [0.25, 0.3) is 0 Å². The fourth-order valence-electron chi connectivity index (χ4n) is 6.38. The van der Waals surface area contributed by atoms with E-state index in [4.69, 9.17) is 9.47 Å². The quantitative estimate of drug-likeness (QED) is 0.0372. The molecule has 0 aromatic heterocycles. The van der Waals surface area contributed by atoms with Crippen molar-refractivity contribution in [3.8, 4) is 0 Å². The standard InChI is InChI=1S/C43H79NO4S/c1-3-5-7-9-11-13-15-17-19-21-23-25-27-29-31-33-42(45)47-40-41(39-44-35-37-49-38-36-44)48-43(46)34-32-30-28-26-24-22-20-18-16-14-12-10-8-6-4-2/h17-20,41H,3-16,21-40H2,1-2H3/b19-17-,20-18-. The molecule has 49 heavy (non-hydrogen) atoms. The summed E-state index contributed by atoms with van der Waals surface area (Å²) in [5.74, 6) is 1.89. The topological polar surface area (TPSA) is 55.8 Å². The van der Waals surface area contributed by atoms with Gasteiger partial charge in [0.1, 0.15) is 12.7 Å². The molecule has 1 unspecified atom stereocenters. The zero-order valence-corrected chi connectivity index (χ0v) is 33.2.